The first kappa shape index (κ1) is 13.2. The number of carboxylic acids is 1. The fraction of sp³-hybridized carbons (Fsp3) is 0.500. The van der Waals surface area contributed by atoms with E-state index < -0.39 is 12.6 Å². The lowest BCUT2D eigenvalue weighted by Gasteiger charge is -2.05. The third-order valence-electron chi connectivity index (χ3n) is 2.04. The largest absolute Gasteiger partial charge is 0.479 e. The summed E-state index contributed by atoms with van der Waals surface area (Å²) in [6, 6.07) is 1.92. The molecule has 1 aromatic heterocycles. The van der Waals surface area contributed by atoms with Gasteiger partial charge in [-0.1, -0.05) is 0 Å². The van der Waals surface area contributed by atoms with Crippen LogP contribution in [0.3, 0.4) is 0 Å². The predicted molar refractivity (Wildman–Crippen MR) is 58.0 cm³/mol. The summed E-state index contributed by atoms with van der Waals surface area (Å²) < 4.78 is 1.71. The Hall–Kier alpha value is -1.89. The van der Waals surface area contributed by atoms with Gasteiger partial charge in [0, 0.05) is 12.1 Å². The highest BCUT2D eigenvalue weighted by molar-refractivity contribution is 5.75. The van der Waals surface area contributed by atoms with E-state index in [0.29, 0.717) is 6.54 Å². The molecule has 7 nitrogen and oxygen atoms in total. The van der Waals surface area contributed by atoms with E-state index in [0.717, 1.165) is 11.4 Å². The minimum absolute atomic E-state index is 0.182. The maximum atomic E-state index is 11.2. The smallest absolute Gasteiger partial charge is 0.332 e. The van der Waals surface area contributed by atoms with Gasteiger partial charge in [0.05, 0.1) is 12.2 Å². The Morgan fingerprint density at radius 1 is 1.53 bits per heavy atom. The van der Waals surface area contributed by atoms with Crippen LogP contribution >= 0.6 is 0 Å². The van der Waals surface area contributed by atoms with Crippen molar-refractivity contribution in [1.82, 2.24) is 15.3 Å². The number of carbonyl (C=O) groups excluding carboxylic acids is 1. The SMILES string of the molecule is Cc1cc(C)n(CCC(=O)NOCC(=O)O)n1. The van der Waals surface area contributed by atoms with E-state index >= 15 is 0 Å². The van der Waals surface area contributed by atoms with Gasteiger partial charge in [-0.05, 0) is 19.9 Å². The van der Waals surface area contributed by atoms with Crippen molar-refractivity contribution in [2.24, 2.45) is 0 Å². The predicted octanol–water partition coefficient (Wildman–Crippen LogP) is 0.0224. The molecule has 0 aliphatic carbocycles. The van der Waals surface area contributed by atoms with Crippen molar-refractivity contribution < 1.29 is 19.5 Å². The number of nitrogens with zero attached hydrogens (tertiary/aromatic N) is 2. The zero-order valence-corrected chi connectivity index (χ0v) is 9.77. The quantitative estimate of drug-likeness (QED) is 0.685. The molecule has 1 heterocycles. The first-order valence-electron chi connectivity index (χ1n) is 5.12. The topological polar surface area (TPSA) is 93.5 Å². The van der Waals surface area contributed by atoms with Gasteiger partial charge in [-0.25, -0.2) is 10.3 Å². The highest BCUT2D eigenvalue weighted by atomic mass is 16.7. The lowest BCUT2D eigenvalue weighted by Crippen LogP contribution is -2.27. The molecule has 2 N–H and O–H groups in total. The molecule has 94 valence electrons. The third-order valence-corrected chi connectivity index (χ3v) is 2.04. The van der Waals surface area contributed by atoms with Crippen LogP contribution in [0.1, 0.15) is 17.8 Å². The molecule has 1 amide bonds. The molecule has 0 aromatic carbocycles. The van der Waals surface area contributed by atoms with Crippen LogP contribution in [0.2, 0.25) is 0 Å². The van der Waals surface area contributed by atoms with Crippen molar-refractivity contribution in [3.63, 3.8) is 0 Å². The molecular weight excluding hydrogens is 226 g/mol. The van der Waals surface area contributed by atoms with Gasteiger partial charge >= 0.3 is 5.97 Å². The van der Waals surface area contributed by atoms with Crippen molar-refractivity contribution in [2.75, 3.05) is 6.61 Å². The molecule has 0 bridgehead atoms. The fourth-order valence-electron chi connectivity index (χ4n) is 1.34. The van der Waals surface area contributed by atoms with Gasteiger partial charge in [0.25, 0.3) is 0 Å². The summed E-state index contributed by atoms with van der Waals surface area (Å²) in [6.07, 6.45) is 0.182. The summed E-state index contributed by atoms with van der Waals surface area (Å²) in [5.41, 5.74) is 3.92. The Labute approximate surface area is 98.3 Å². The molecule has 0 unspecified atom stereocenters. The highest BCUT2D eigenvalue weighted by Gasteiger charge is 2.06. The van der Waals surface area contributed by atoms with E-state index in [4.69, 9.17) is 5.11 Å². The molecule has 0 radical (unpaired) electrons. The minimum Gasteiger partial charge on any atom is -0.479 e. The number of aromatic nitrogens is 2. The summed E-state index contributed by atoms with van der Waals surface area (Å²) in [5, 5.41) is 12.5. The number of carbonyl (C=O) groups is 2. The van der Waals surface area contributed by atoms with Crippen LogP contribution in [0.25, 0.3) is 0 Å². The van der Waals surface area contributed by atoms with E-state index in [-0.39, 0.29) is 12.3 Å². The number of carboxylic acid groups (broad SMARTS) is 1. The number of nitrogens with one attached hydrogen (secondary N) is 1. The van der Waals surface area contributed by atoms with Gasteiger partial charge in [-0.2, -0.15) is 5.10 Å². The monoisotopic (exact) mass is 241 g/mol. The number of amides is 1. The number of aliphatic carboxylic acids is 1. The lowest BCUT2D eigenvalue weighted by atomic mass is 10.4. The molecule has 0 aliphatic heterocycles. The maximum Gasteiger partial charge on any atom is 0.332 e. The highest BCUT2D eigenvalue weighted by Crippen LogP contribution is 2.02. The second-order valence-electron chi connectivity index (χ2n) is 3.61. The van der Waals surface area contributed by atoms with E-state index in [1.165, 1.54) is 0 Å². The van der Waals surface area contributed by atoms with Gasteiger partial charge in [0.15, 0.2) is 6.61 Å². The van der Waals surface area contributed by atoms with Crippen molar-refractivity contribution in [2.45, 2.75) is 26.8 Å². The fourth-order valence-corrected chi connectivity index (χ4v) is 1.34. The molecule has 17 heavy (non-hydrogen) atoms. The van der Waals surface area contributed by atoms with Crippen LogP contribution < -0.4 is 5.48 Å². The molecule has 7 heteroatoms. The van der Waals surface area contributed by atoms with Crippen LogP contribution in [0, 0.1) is 13.8 Å². The van der Waals surface area contributed by atoms with Gasteiger partial charge < -0.3 is 5.11 Å². The number of rotatable bonds is 6. The van der Waals surface area contributed by atoms with E-state index in [2.05, 4.69) is 9.94 Å². The summed E-state index contributed by atoms with van der Waals surface area (Å²) in [7, 11) is 0. The van der Waals surface area contributed by atoms with Crippen LogP contribution in [-0.4, -0.2) is 33.4 Å². The Morgan fingerprint density at radius 3 is 2.76 bits per heavy atom. The van der Waals surface area contributed by atoms with E-state index in [1.54, 1.807) is 4.68 Å². The van der Waals surface area contributed by atoms with Crippen LogP contribution in [0.5, 0.6) is 0 Å². The van der Waals surface area contributed by atoms with Gasteiger partial charge in [0.2, 0.25) is 5.91 Å². The van der Waals surface area contributed by atoms with Crippen LogP contribution in [0.15, 0.2) is 6.07 Å². The maximum absolute atomic E-state index is 11.2. The molecule has 0 fully saturated rings. The Bertz CT molecular complexity index is 414. The average Bonchev–Trinajstić information content (AvgIpc) is 2.54. The number of hydroxylamine groups is 1. The Morgan fingerprint density at radius 2 is 2.24 bits per heavy atom. The average molecular weight is 241 g/mol. The van der Waals surface area contributed by atoms with Crippen molar-refractivity contribution in [1.29, 1.82) is 0 Å². The minimum atomic E-state index is -1.14. The summed E-state index contributed by atoms with van der Waals surface area (Å²) in [6.45, 7) is 3.66. The summed E-state index contributed by atoms with van der Waals surface area (Å²) >= 11 is 0. The van der Waals surface area contributed by atoms with Crippen LogP contribution in [-0.2, 0) is 21.0 Å². The number of hydrogen-bond acceptors (Lipinski definition) is 4. The second kappa shape index (κ2) is 6.00. The van der Waals surface area contributed by atoms with Crippen LogP contribution in [0.4, 0.5) is 0 Å². The van der Waals surface area contributed by atoms with Gasteiger partial charge in [-0.3, -0.25) is 14.3 Å². The zero-order chi connectivity index (χ0) is 12.8. The second-order valence-corrected chi connectivity index (χ2v) is 3.61. The molecule has 0 saturated heterocycles. The standard InChI is InChI=1S/C10H15N3O4/c1-7-5-8(2)13(11-7)4-3-9(14)12-17-6-10(15)16/h5H,3-4,6H2,1-2H3,(H,12,14)(H,15,16). The molecule has 1 rings (SSSR count). The Kier molecular flexibility index (Phi) is 4.65. The van der Waals surface area contributed by atoms with Crippen molar-refractivity contribution >= 4 is 11.9 Å². The summed E-state index contributed by atoms with van der Waals surface area (Å²) in [5.74, 6) is -1.51. The first-order chi connectivity index (χ1) is 7.99. The van der Waals surface area contributed by atoms with Gasteiger partial charge in [0.1, 0.15) is 0 Å². The molecule has 0 saturated carbocycles. The number of hydrogen-bond donors (Lipinski definition) is 2. The van der Waals surface area contributed by atoms with Crippen molar-refractivity contribution in [3.05, 3.63) is 17.5 Å². The molecule has 1 aromatic rings. The van der Waals surface area contributed by atoms with E-state index in [1.807, 2.05) is 25.4 Å². The third kappa shape index (κ3) is 4.64. The van der Waals surface area contributed by atoms with E-state index in [9.17, 15) is 9.59 Å². The molecule has 0 spiro atoms. The molecule has 0 atom stereocenters. The summed E-state index contributed by atoms with van der Waals surface area (Å²) in [4.78, 5) is 25.8. The number of aryl methyl sites for hydroxylation is 3. The Balaban J connectivity index is 2.28. The first-order valence-corrected chi connectivity index (χ1v) is 5.12. The molecular formula is C10H15N3O4. The lowest BCUT2D eigenvalue weighted by molar-refractivity contribution is -0.149. The normalized spacial score (nSPS) is 10.2. The van der Waals surface area contributed by atoms with Crippen molar-refractivity contribution in [3.8, 4) is 0 Å². The van der Waals surface area contributed by atoms with Gasteiger partial charge in [-0.15, -0.1) is 0 Å². The molecule has 0 aliphatic rings. The zero-order valence-electron chi connectivity index (χ0n) is 9.77.